The summed E-state index contributed by atoms with van der Waals surface area (Å²) in [6, 6.07) is 17.6. The van der Waals surface area contributed by atoms with Crippen molar-refractivity contribution < 1.29 is 35.9 Å². The normalized spacial score (nSPS) is 12.7. The maximum Gasteiger partial charge on any atom is 0.324 e. The van der Waals surface area contributed by atoms with Crippen molar-refractivity contribution in [1.82, 2.24) is 5.32 Å². The zero-order valence-corrected chi connectivity index (χ0v) is 23.2. The molecule has 202 valence electrons. The molecule has 0 fully saturated rings. The van der Waals surface area contributed by atoms with E-state index in [-0.39, 0.29) is 37.1 Å². The van der Waals surface area contributed by atoms with E-state index in [1.165, 1.54) is 7.05 Å². The predicted octanol–water partition coefficient (Wildman–Crippen LogP) is 2.19. The van der Waals surface area contributed by atoms with Gasteiger partial charge in [-0.15, -0.1) is 12.4 Å². The number of benzene rings is 2. The number of hydrogen-bond acceptors (Lipinski definition) is 9. The molecule has 12 heteroatoms. The third-order valence-electron chi connectivity index (χ3n) is 4.51. The lowest BCUT2D eigenvalue weighted by Gasteiger charge is -2.14. The molecule has 2 atom stereocenters. The fourth-order valence-electron chi connectivity index (χ4n) is 2.79. The summed E-state index contributed by atoms with van der Waals surface area (Å²) in [5, 5.41) is 2.64. The van der Waals surface area contributed by atoms with Crippen LogP contribution in [0.15, 0.2) is 60.7 Å². The number of rotatable bonds is 11. The Bertz CT molecular complexity index is 1140. The first kappa shape index (κ1) is 33.5. The largest absolute Gasteiger partial charge is 0.461 e. The van der Waals surface area contributed by atoms with Crippen molar-refractivity contribution >= 4 is 44.0 Å². The van der Waals surface area contributed by atoms with E-state index in [0.717, 1.165) is 23.6 Å². The monoisotopic (exact) mass is 563 g/mol. The summed E-state index contributed by atoms with van der Waals surface area (Å²) in [7, 11) is -4.85. The number of carbonyl (C=O) groups is 2. The molecular formula is C24H34ClNO8S2. The fraction of sp³-hybridized carbons (Fsp3) is 0.417. The number of hydrogen-bond donors (Lipinski definition) is 1. The smallest absolute Gasteiger partial charge is 0.324 e. The minimum atomic E-state index is -3.23. The number of carbonyl (C=O) groups excluding carboxylic acids is 2. The van der Waals surface area contributed by atoms with Crippen LogP contribution in [0.25, 0.3) is 0 Å². The molecule has 2 rings (SSSR count). The first-order valence-electron chi connectivity index (χ1n) is 10.7. The van der Waals surface area contributed by atoms with E-state index in [2.05, 4.69) is 5.32 Å². The van der Waals surface area contributed by atoms with E-state index in [4.69, 9.17) is 9.47 Å². The molecule has 9 nitrogen and oxygen atoms in total. The van der Waals surface area contributed by atoms with Gasteiger partial charge in [0.15, 0.2) is 0 Å². The molecule has 0 saturated carbocycles. The summed E-state index contributed by atoms with van der Waals surface area (Å²) in [5.41, 5.74) is 1.74. The van der Waals surface area contributed by atoms with Crippen LogP contribution in [-0.2, 0) is 52.0 Å². The molecule has 0 aliphatic carbocycles. The molecule has 0 amide bonds. The molecule has 2 aromatic carbocycles. The minimum Gasteiger partial charge on any atom is -0.461 e. The van der Waals surface area contributed by atoms with E-state index < -0.39 is 43.6 Å². The highest BCUT2D eigenvalue weighted by molar-refractivity contribution is 7.91. The summed E-state index contributed by atoms with van der Waals surface area (Å²) >= 11 is 0. The Morgan fingerprint density at radius 2 is 1.14 bits per heavy atom. The van der Waals surface area contributed by atoms with Gasteiger partial charge in [0.2, 0.25) is 0 Å². The molecule has 0 heterocycles. The number of ether oxygens (including phenoxy) is 2. The van der Waals surface area contributed by atoms with Crippen LogP contribution >= 0.6 is 12.4 Å². The molecule has 0 radical (unpaired) electrons. The lowest BCUT2D eigenvalue weighted by atomic mass is 10.2. The summed E-state index contributed by atoms with van der Waals surface area (Å²) in [6.07, 6.45) is 2.19. The van der Waals surface area contributed by atoms with Crippen molar-refractivity contribution in [2.75, 3.05) is 31.1 Å². The van der Waals surface area contributed by atoms with Gasteiger partial charge in [-0.05, 0) is 18.2 Å². The standard InChI is InChI=1S/C12H17NO4S.C12H16O4S.ClH/c1-13-11(9-18(2,15)16)12(14)17-8-10-6-4-3-5-7-10;1-10(9-17(2,14)15)12(13)16-8-11-6-4-3-5-7-11;/h3-7,11,13H,8-9H2,1-2H3;3-7,10H,8-9H2,1-2H3;1H. The van der Waals surface area contributed by atoms with Crippen LogP contribution in [0.2, 0.25) is 0 Å². The van der Waals surface area contributed by atoms with Crippen LogP contribution in [0.5, 0.6) is 0 Å². The Kier molecular flexibility index (Phi) is 15.2. The Morgan fingerprint density at radius 1 is 0.750 bits per heavy atom. The van der Waals surface area contributed by atoms with Crippen LogP contribution in [0.4, 0.5) is 0 Å². The van der Waals surface area contributed by atoms with Crippen LogP contribution in [-0.4, -0.2) is 65.9 Å². The van der Waals surface area contributed by atoms with Gasteiger partial charge in [0.1, 0.15) is 38.9 Å². The maximum absolute atomic E-state index is 11.7. The van der Waals surface area contributed by atoms with Crippen molar-refractivity contribution in [3.63, 3.8) is 0 Å². The number of likely N-dealkylation sites (N-methyl/N-ethyl adjacent to an activating group) is 1. The average molecular weight is 564 g/mol. The van der Waals surface area contributed by atoms with Gasteiger partial charge in [0, 0.05) is 12.5 Å². The third-order valence-corrected chi connectivity index (χ3v) is 6.55. The number of esters is 2. The lowest BCUT2D eigenvalue weighted by Crippen LogP contribution is -2.41. The second-order valence-corrected chi connectivity index (χ2v) is 12.5. The lowest BCUT2D eigenvalue weighted by molar-refractivity contribution is -0.148. The van der Waals surface area contributed by atoms with Gasteiger partial charge in [0.25, 0.3) is 0 Å². The zero-order chi connectivity index (χ0) is 26.5. The van der Waals surface area contributed by atoms with Gasteiger partial charge < -0.3 is 14.8 Å². The van der Waals surface area contributed by atoms with Gasteiger partial charge in [-0.25, -0.2) is 16.8 Å². The van der Waals surface area contributed by atoms with Gasteiger partial charge >= 0.3 is 11.9 Å². The van der Waals surface area contributed by atoms with Crippen LogP contribution in [0, 0.1) is 5.92 Å². The van der Waals surface area contributed by atoms with E-state index in [1.54, 1.807) is 6.92 Å². The zero-order valence-electron chi connectivity index (χ0n) is 20.7. The maximum atomic E-state index is 11.7. The molecule has 0 saturated heterocycles. The topological polar surface area (TPSA) is 133 Å². The highest BCUT2D eigenvalue weighted by Gasteiger charge is 2.23. The first-order valence-corrected chi connectivity index (χ1v) is 14.9. The number of sulfone groups is 2. The van der Waals surface area contributed by atoms with Crippen molar-refractivity contribution in [2.45, 2.75) is 26.2 Å². The van der Waals surface area contributed by atoms with Gasteiger partial charge in [-0.2, -0.15) is 0 Å². The van der Waals surface area contributed by atoms with E-state index in [9.17, 15) is 26.4 Å². The van der Waals surface area contributed by atoms with Crippen molar-refractivity contribution in [1.29, 1.82) is 0 Å². The highest BCUT2D eigenvalue weighted by Crippen LogP contribution is 2.07. The SMILES string of the molecule is CC(CS(C)(=O)=O)C(=O)OCc1ccccc1.CNC(CS(C)(=O)=O)C(=O)OCc1ccccc1.Cl. The Morgan fingerprint density at radius 3 is 1.50 bits per heavy atom. The summed E-state index contributed by atoms with van der Waals surface area (Å²) in [6.45, 7) is 1.86. The molecule has 0 aliphatic rings. The van der Waals surface area contributed by atoms with E-state index >= 15 is 0 Å². The Hall–Kier alpha value is -2.47. The van der Waals surface area contributed by atoms with E-state index in [0.29, 0.717) is 0 Å². The predicted molar refractivity (Wildman–Crippen MR) is 141 cm³/mol. The Labute approximate surface area is 219 Å². The molecule has 0 bridgehead atoms. The molecule has 0 aliphatic heterocycles. The van der Waals surface area contributed by atoms with Gasteiger partial charge in [-0.3, -0.25) is 9.59 Å². The second kappa shape index (κ2) is 16.3. The van der Waals surface area contributed by atoms with Crippen molar-refractivity contribution in [2.24, 2.45) is 5.92 Å². The fourth-order valence-corrected chi connectivity index (χ4v) is 4.75. The molecule has 1 N–H and O–H groups in total. The average Bonchev–Trinajstić information content (AvgIpc) is 2.79. The number of halogens is 1. The summed E-state index contributed by atoms with van der Waals surface area (Å²) in [5.74, 6) is -2.13. The molecule has 2 unspecified atom stereocenters. The minimum absolute atomic E-state index is 0. The molecule has 2 aromatic rings. The highest BCUT2D eigenvalue weighted by atomic mass is 35.5. The van der Waals surface area contributed by atoms with Gasteiger partial charge in [0.05, 0.1) is 17.4 Å². The first-order chi connectivity index (χ1) is 16.3. The molecule has 0 spiro atoms. The van der Waals surface area contributed by atoms with Gasteiger partial charge in [-0.1, -0.05) is 67.6 Å². The second-order valence-electron chi connectivity index (χ2n) is 8.11. The Balaban J connectivity index is 0.000000663. The van der Waals surface area contributed by atoms with E-state index in [1.807, 2.05) is 60.7 Å². The van der Waals surface area contributed by atoms with Crippen LogP contribution in [0.3, 0.4) is 0 Å². The third kappa shape index (κ3) is 15.5. The van der Waals surface area contributed by atoms with Crippen molar-refractivity contribution in [3.05, 3.63) is 71.8 Å². The van der Waals surface area contributed by atoms with Crippen LogP contribution in [0.1, 0.15) is 18.1 Å². The molecular weight excluding hydrogens is 530 g/mol. The summed E-state index contributed by atoms with van der Waals surface area (Å²) < 4.78 is 54.4. The molecule has 0 aromatic heterocycles. The molecule has 36 heavy (non-hydrogen) atoms. The quantitative estimate of drug-likeness (QED) is 0.408. The van der Waals surface area contributed by atoms with Crippen LogP contribution < -0.4 is 5.32 Å². The number of nitrogens with one attached hydrogen (secondary N) is 1. The van der Waals surface area contributed by atoms with Crippen molar-refractivity contribution in [3.8, 4) is 0 Å². The summed E-state index contributed by atoms with van der Waals surface area (Å²) in [4.78, 5) is 23.2.